The molecule has 1 fully saturated rings. The van der Waals surface area contributed by atoms with E-state index in [9.17, 15) is 0 Å². The maximum Gasteiger partial charge on any atom is 0.124 e. The van der Waals surface area contributed by atoms with Gasteiger partial charge in [-0.05, 0) is 32.0 Å². The summed E-state index contributed by atoms with van der Waals surface area (Å²) in [7, 11) is 1.94. The first-order valence-electron chi connectivity index (χ1n) is 5.61. The molecule has 1 aliphatic carbocycles. The average molecular weight is 236 g/mol. The van der Waals surface area contributed by atoms with Crippen molar-refractivity contribution >= 4 is 22.6 Å². The summed E-state index contributed by atoms with van der Waals surface area (Å²) in [6, 6.07) is 6.63. The minimum absolute atomic E-state index is 0.631. The van der Waals surface area contributed by atoms with Crippen LogP contribution in [-0.2, 0) is 6.54 Å². The Balaban J connectivity index is 2.24. The number of para-hydroxylation sites is 1. The molecule has 16 heavy (non-hydrogen) atoms. The van der Waals surface area contributed by atoms with Crippen molar-refractivity contribution in [3.05, 3.63) is 29.0 Å². The monoisotopic (exact) mass is 235 g/mol. The molecule has 0 saturated heterocycles. The largest absolute Gasteiger partial charge is 0.324 e. The molecular formula is C12H14ClN3. The van der Waals surface area contributed by atoms with E-state index in [1.54, 1.807) is 0 Å². The molecule has 84 valence electrons. The van der Waals surface area contributed by atoms with Crippen molar-refractivity contribution in [2.24, 2.45) is 0 Å². The Morgan fingerprint density at radius 1 is 1.50 bits per heavy atom. The molecule has 1 aromatic heterocycles. The van der Waals surface area contributed by atoms with E-state index in [0.717, 1.165) is 22.9 Å². The number of hydrogen-bond acceptors (Lipinski definition) is 2. The van der Waals surface area contributed by atoms with Gasteiger partial charge in [0.2, 0.25) is 0 Å². The van der Waals surface area contributed by atoms with Gasteiger partial charge in [-0.1, -0.05) is 17.7 Å². The quantitative estimate of drug-likeness (QED) is 0.887. The Morgan fingerprint density at radius 2 is 2.31 bits per heavy atom. The van der Waals surface area contributed by atoms with E-state index in [-0.39, 0.29) is 0 Å². The third kappa shape index (κ3) is 1.51. The van der Waals surface area contributed by atoms with Gasteiger partial charge < -0.3 is 9.88 Å². The summed E-state index contributed by atoms with van der Waals surface area (Å²) in [4.78, 5) is 4.63. The van der Waals surface area contributed by atoms with E-state index in [0.29, 0.717) is 6.04 Å². The van der Waals surface area contributed by atoms with Crippen LogP contribution in [0, 0.1) is 0 Å². The van der Waals surface area contributed by atoms with Crippen molar-refractivity contribution in [1.82, 2.24) is 14.9 Å². The number of halogens is 1. The van der Waals surface area contributed by atoms with Gasteiger partial charge in [0.1, 0.15) is 11.3 Å². The van der Waals surface area contributed by atoms with E-state index in [4.69, 9.17) is 11.6 Å². The van der Waals surface area contributed by atoms with Crippen LogP contribution >= 0.6 is 11.6 Å². The molecule has 1 aromatic carbocycles. The Morgan fingerprint density at radius 3 is 3.00 bits per heavy atom. The summed E-state index contributed by atoms with van der Waals surface area (Å²) in [5.41, 5.74) is 2.10. The van der Waals surface area contributed by atoms with Crippen LogP contribution in [0.3, 0.4) is 0 Å². The predicted molar refractivity (Wildman–Crippen MR) is 65.8 cm³/mol. The number of rotatable bonds is 3. The van der Waals surface area contributed by atoms with Crippen LogP contribution in [0.5, 0.6) is 0 Å². The standard InChI is InChI=1S/C12H14ClN3/c1-14-7-11-15-12-9(13)3-2-4-10(12)16(11)8-5-6-8/h2-4,8,14H,5-7H2,1H3. The van der Waals surface area contributed by atoms with E-state index in [1.165, 1.54) is 18.4 Å². The minimum Gasteiger partial charge on any atom is -0.324 e. The Hall–Kier alpha value is -1.06. The molecule has 0 unspecified atom stereocenters. The molecule has 2 aromatic rings. The number of hydrogen-bond donors (Lipinski definition) is 1. The molecule has 1 aliphatic rings. The van der Waals surface area contributed by atoms with E-state index in [2.05, 4.69) is 20.9 Å². The summed E-state index contributed by atoms with van der Waals surface area (Å²) in [5, 5.41) is 3.91. The smallest absolute Gasteiger partial charge is 0.124 e. The normalized spacial score (nSPS) is 15.9. The van der Waals surface area contributed by atoms with Crippen LogP contribution in [-0.4, -0.2) is 16.6 Å². The zero-order chi connectivity index (χ0) is 11.1. The lowest BCUT2D eigenvalue weighted by molar-refractivity contribution is 0.659. The highest BCUT2D eigenvalue weighted by Gasteiger charge is 2.28. The van der Waals surface area contributed by atoms with Gasteiger partial charge in [0.05, 0.1) is 17.1 Å². The lowest BCUT2D eigenvalue weighted by Gasteiger charge is -2.06. The second kappa shape index (κ2) is 3.75. The first kappa shape index (κ1) is 10.1. The Bertz CT molecular complexity index is 528. The maximum atomic E-state index is 6.17. The van der Waals surface area contributed by atoms with E-state index >= 15 is 0 Å². The van der Waals surface area contributed by atoms with Crippen LogP contribution in [0.25, 0.3) is 11.0 Å². The molecule has 3 nitrogen and oxygen atoms in total. The molecule has 0 amide bonds. The van der Waals surface area contributed by atoms with Crippen molar-refractivity contribution in [1.29, 1.82) is 0 Å². The third-order valence-corrected chi connectivity index (χ3v) is 3.30. The van der Waals surface area contributed by atoms with Crippen LogP contribution in [0.1, 0.15) is 24.7 Å². The molecule has 0 bridgehead atoms. The Labute approximate surface area is 99.4 Å². The van der Waals surface area contributed by atoms with Crippen molar-refractivity contribution in [2.75, 3.05) is 7.05 Å². The van der Waals surface area contributed by atoms with Gasteiger partial charge >= 0.3 is 0 Å². The molecule has 0 spiro atoms. The fraction of sp³-hybridized carbons (Fsp3) is 0.417. The van der Waals surface area contributed by atoms with Crippen molar-refractivity contribution in [3.63, 3.8) is 0 Å². The van der Waals surface area contributed by atoms with Gasteiger partial charge in [0.25, 0.3) is 0 Å². The van der Waals surface area contributed by atoms with E-state index in [1.807, 2.05) is 19.2 Å². The number of fused-ring (bicyclic) bond motifs is 1. The van der Waals surface area contributed by atoms with Gasteiger partial charge in [0.15, 0.2) is 0 Å². The van der Waals surface area contributed by atoms with Gasteiger partial charge in [-0.25, -0.2) is 4.98 Å². The third-order valence-electron chi connectivity index (χ3n) is 2.99. The summed E-state index contributed by atoms with van der Waals surface area (Å²) in [6.45, 7) is 0.793. The van der Waals surface area contributed by atoms with Crippen LogP contribution < -0.4 is 5.32 Å². The minimum atomic E-state index is 0.631. The fourth-order valence-electron chi connectivity index (χ4n) is 2.15. The fourth-order valence-corrected chi connectivity index (χ4v) is 2.37. The molecule has 0 radical (unpaired) electrons. The second-order valence-corrected chi connectivity index (χ2v) is 4.67. The summed E-state index contributed by atoms with van der Waals surface area (Å²) >= 11 is 6.17. The van der Waals surface area contributed by atoms with Gasteiger partial charge in [-0.2, -0.15) is 0 Å². The Kier molecular flexibility index (Phi) is 2.37. The topological polar surface area (TPSA) is 29.9 Å². The first-order chi connectivity index (χ1) is 7.81. The number of nitrogens with zero attached hydrogens (tertiary/aromatic N) is 2. The number of nitrogens with one attached hydrogen (secondary N) is 1. The highest BCUT2D eigenvalue weighted by molar-refractivity contribution is 6.34. The van der Waals surface area contributed by atoms with Gasteiger partial charge in [-0.15, -0.1) is 0 Å². The van der Waals surface area contributed by atoms with Crippen LogP contribution in [0.2, 0.25) is 5.02 Å². The molecule has 0 aliphatic heterocycles. The second-order valence-electron chi connectivity index (χ2n) is 4.27. The molecule has 4 heteroatoms. The van der Waals surface area contributed by atoms with Gasteiger partial charge in [-0.3, -0.25) is 0 Å². The van der Waals surface area contributed by atoms with Crippen molar-refractivity contribution in [2.45, 2.75) is 25.4 Å². The molecule has 1 saturated carbocycles. The van der Waals surface area contributed by atoms with Crippen LogP contribution in [0.4, 0.5) is 0 Å². The predicted octanol–water partition coefficient (Wildman–Crippen LogP) is 2.74. The first-order valence-corrected chi connectivity index (χ1v) is 5.99. The van der Waals surface area contributed by atoms with Crippen molar-refractivity contribution < 1.29 is 0 Å². The van der Waals surface area contributed by atoms with E-state index < -0.39 is 0 Å². The lowest BCUT2D eigenvalue weighted by Crippen LogP contribution is -2.11. The molecule has 1 N–H and O–H groups in total. The number of aromatic nitrogens is 2. The number of imidazole rings is 1. The zero-order valence-electron chi connectivity index (χ0n) is 9.20. The van der Waals surface area contributed by atoms with Crippen molar-refractivity contribution in [3.8, 4) is 0 Å². The van der Waals surface area contributed by atoms with Gasteiger partial charge in [0, 0.05) is 6.04 Å². The zero-order valence-corrected chi connectivity index (χ0v) is 9.96. The molecule has 0 atom stereocenters. The molecular weight excluding hydrogens is 222 g/mol. The lowest BCUT2D eigenvalue weighted by atomic mass is 10.3. The highest BCUT2D eigenvalue weighted by atomic mass is 35.5. The summed E-state index contributed by atoms with van der Waals surface area (Å²) in [5.74, 6) is 1.09. The molecule has 1 heterocycles. The summed E-state index contributed by atoms with van der Waals surface area (Å²) in [6.07, 6.45) is 2.52. The SMILES string of the molecule is CNCc1nc2c(Cl)cccc2n1C1CC1. The summed E-state index contributed by atoms with van der Waals surface area (Å²) < 4.78 is 2.33. The molecule has 3 rings (SSSR count). The number of benzene rings is 1. The van der Waals surface area contributed by atoms with Crippen LogP contribution in [0.15, 0.2) is 18.2 Å². The average Bonchev–Trinajstić information content (AvgIpc) is 3.02. The highest BCUT2D eigenvalue weighted by Crippen LogP contribution is 2.39. The maximum absolute atomic E-state index is 6.17.